The summed E-state index contributed by atoms with van der Waals surface area (Å²) in [5, 5.41) is 0. The molecule has 2 aliphatic rings. The van der Waals surface area contributed by atoms with Crippen molar-refractivity contribution in [2.45, 2.75) is 5.41 Å². The van der Waals surface area contributed by atoms with E-state index in [2.05, 4.69) is 143 Å². The molecule has 5 aromatic carbocycles. The Morgan fingerprint density at radius 2 is 0.973 bits per heavy atom. The van der Waals surface area contributed by atoms with Gasteiger partial charge in [-0.25, -0.2) is 0 Å². The Labute approximate surface area is 224 Å². The van der Waals surface area contributed by atoms with Crippen LogP contribution in [0.1, 0.15) is 22.3 Å². The third kappa shape index (κ3) is 2.63. The fourth-order valence-corrected chi connectivity index (χ4v) is 7.20. The van der Waals surface area contributed by atoms with Crippen LogP contribution in [0, 0.1) is 0 Å². The molecule has 8 rings (SSSR count). The molecule has 0 aliphatic heterocycles. The van der Waals surface area contributed by atoms with Gasteiger partial charge in [-0.15, -0.1) is 0 Å². The highest BCUT2D eigenvalue weighted by Crippen LogP contribution is 2.67. The summed E-state index contributed by atoms with van der Waals surface area (Å²) in [6.07, 6.45) is 0. The van der Waals surface area contributed by atoms with Crippen LogP contribution >= 0.6 is 15.9 Å². The molecular weight excluding hydrogens is 516 g/mol. The number of fused-ring (bicyclic) bond motifs is 10. The summed E-state index contributed by atoms with van der Waals surface area (Å²) in [7, 11) is 0. The average Bonchev–Trinajstić information content (AvgIpc) is 3.59. The predicted octanol–water partition coefficient (Wildman–Crippen LogP) is 9.72. The lowest BCUT2D eigenvalue weighted by Crippen LogP contribution is -2.26. The zero-order valence-corrected chi connectivity index (χ0v) is 21.5. The topological polar surface area (TPSA) is 13.1 Å². The third-order valence-electron chi connectivity index (χ3n) is 7.98. The molecule has 0 N–H and O–H groups in total. The van der Waals surface area contributed by atoms with Crippen molar-refractivity contribution in [1.82, 2.24) is 0 Å². The summed E-state index contributed by atoms with van der Waals surface area (Å²) in [5.74, 6) is 1.85. The van der Waals surface area contributed by atoms with Gasteiger partial charge >= 0.3 is 0 Å². The van der Waals surface area contributed by atoms with Gasteiger partial charge in [-0.2, -0.15) is 0 Å². The third-order valence-corrected chi connectivity index (χ3v) is 8.64. The second-order valence-corrected chi connectivity index (χ2v) is 10.6. The maximum absolute atomic E-state index is 6.97. The molecule has 2 aliphatic carbocycles. The Morgan fingerprint density at radius 3 is 1.59 bits per heavy atom. The first-order valence-electron chi connectivity index (χ1n) is 12.6. The molecule has 0 saturated carbocycles. The molecule has 2 heteroatoms. The summed E-state index contributed by atoms with van der Waals surface area (Å²) in [5.41, 5.74) is 11.8. The minimum absolute atomic E-state index is 0.469. The van der Waals surface area contributed by atoms with E-state index in [0.29, 0.717) is 0 Å². The molecule has 0 fully saturated rings. The van der Waals surface area contributed by atoms with Gasteiger partial charge in [0.1, 0.15) is 11.5 Å². The second-order valence-electron chi connectivity index (χ2n) is 9.75. The smallest absolute Gasteiger partial charge is 0.143 e. The fourth-order valence-electron chi connectivity index (χ4n) is 6.63. The molecule has 1 spiro atoms. The van der Waals surface area contributed by atoms with Crippen LogP contribution in [0.15, 0.2) is 136 Å². The summed E-state index contributed by atoms with van der Waals surface area (Å²) in [6.45, 7) is 0. The van der Waals surface area contributed by atoms with Crippen molar-refractivity contribution < 1.29 is 4.42 Å². The largest absolute Gasteiger partial charge is 0.455 e. The van der Waals surface area contributed by atoms with Gasteiger partial charge < -0.3 is 4.42 Å². The Balaban J connectivity index is 1.62. The van der Waals surface area contributed by atoms with Crippen LogP contribution in [0.5, 0.6) is 0 Å². The van der Waals surface area contributed by atoms with Crippen LogP contribution in [0.25, 0.3) is 44.9 Å². The van der Waals surface area contributed by atoms with Gasteiger partial charge in [0.15, 0.2) is 0 Å². The highest BCUT2D eigenvalue weighted by atomic mass is 79.9. The number of benzene rings is 5. The lowest BCUT2D eigenvalue weighted by atomic mass is 9.70. The van der Waals surface area contributed by atoms with Gasteiger partial charge in [-0.1, -0.05) is 137 Å². The van der Waals surface area contributed by atoms with Crippen molar-refractivity contribution in [3.05, 3.63) is 154 Å². The van der Waals surface area contributed by atoms with E-state index in [1.54, 1.807) is 0 Å². The first-order valence-corrected chi connectivity index (χ1v) is 13.4. The van der Waals surface area contributed by atoms with Gasteiger partial charge in [0.2, 0.25) is 0 Å². The average molecular weight is 537 g/mol. The van der Waals surface area contributed by atoms with Gasteiger partial charge in [0, 0.05) is 32.3 Å². The monoisotopic (exact) mass is 536 g/mol. The molecule has 0 bridgehead atoms. The van der Waals surface area contributed by atoms with Crippen molar-refractivity contribution >= 4 is 15.9 Å². The SMILES string of the molecule is Brc1cccc2c1-c1c(-c3ccccc3)oc(-c3ccccc3)c1C21c2ccccc2-c2ccccc21. The number of hydrogen-bond acceptors (Lipinski definition) is 1. The zero-order valence-electron chi connectivity index (χ0n) is 19.9. The van der Waals surface area contributed by atoms with E-state index in [9.17, 15) is 0 Å². The molecule has 0 unspecified atom stereocenters. The molecule has 0 saturated heterocycles. The van der Waals surface area contributed by atoms with Crippen molar-refractivity contribution in [3.63, 3.8) is 0 Å². The molecule has 0 atom stereocenters. The second kappa shape index (κ2) is 7.68. The van der Waals surface area contributed by atoms with E-state index >= 15 is 0 Å². The van der Waals surface area contributed by atoms with E-state index in [1.165, 1.54) is 44.5 Å². The van der Waals surface area contributed by atoms with Crippen LogP contribution < -0.4 is 0 Å². The zero-order chi connectivity index (χ0) is 24.6. The molecule has 37 heavy (non-hydrogen) atoms. The van der Waals surface area contributed by atoms with Crippen LogP contribution in [-0.2, 0) is 5.41 Å². The number of halogens is 1. The summed E-state index contributed by atoms with van der Waals surface area (Å²) >= 11 is 3.96. The Morgan fingerprint density at radius 1 is 0.459 bits per heavy atom. The fraction of sp³-hybridized carbons (Fsp3) is 0.0286. The normalized spacial score (nSPS) is 13.8. The summed E-state index contributed by atoms with van der Waals surface area (Å²) in [6, 6.07) is 45.5. The quantitative estimate of drug-likeness (QED) is 0.214. The lowest BCUT2D eigenvalue weighted by molar-refractivity contribution is 0.588. The van der Waals surface area contributed by atoms with Gasteiger partial charge in [-0.05, 0) is 33.9 Å². The molecule has 0 amide bonds. The van der Waals surface area contributed by atoms with E-state index in [0.717, 1.165) is 27.1 Å². The maximum Gasteiger partial charge on any atom is 0.143 e. The van der Waals surface area contributed by atoms with Crippen LogP contribution in [-0.4, -0.2) is 0 Å². The molecule has 1 aromatic heterocycles. The summed E-state index contributed by atoms with van der Waals surface area (Å²) in [4.78, 5) is 0. The molecule has 6 aromatic rings. The maximum atomic E-state index is 6.97. The number of rotatable bonds is 2. The van der Waals surface area contributed by atoms with Gasteiger partial charge in [0.25, 0.3) is 0 Å². The van der Waals surface area contributed by atoms with E-state index < -0.39 is 5.41 Å². The highest BCUT2D eigenvalue weighted by Gasteiger charge is 2.55. The first kappa shape index (κ1) is 21.0. The van der Waals surface area contributed by atoms with Crippen molar-refractivity contribution in [2.24, 2.45) is 0 Å². The molecular formula is C35H21BrO. The number of furan rings is 1. The minimum atomic E-state index is -0.469. The number of hydrogen-bond donors (Lipinski definition) is 0. The van der Waals surface area contributed by atoms with E-state index in [-0.39, 0.29) is 0 Å². The first-order chi connectivity index (χ1) is 18.3. The molecule has 1 nitrogen and oxygen atoms in total. The summed E-state index contributed by atoms with van der Waals surface area (Å²) < 4.78 is 8.05. The highest BCUT2D eigenvalue weighted by molar-refractivity contribution is 9.10. The Hall–Kier alpha value is -4.14. The van der Waals surface area contributed by atoms with Crippen molar-refractivity contribution in [2.75, 3.05) is 0 Å². The molecule has 1 heterocycles. The van der Waals surface area contributed by atoms with Crippen LogP contribution in [0.3, 0.4) is 0 Å². The molecule has 174 valence electrons. The van der Waals surface area contributed by atoms with E-state index in [1.807, 2.05) is 0 Å². The van der Waals surface area contributed by atoms with Crippen LogP contribution in [0.4, 0.5) is 0 Å². The van der Waals surface area contributed by atoms with Gasteiger partial charge in [-0.3, -0.25) is 0 Å². The molecule has 0 radical (unpaired) electrons. The standard InChI is InChI=1S/C35H21BrO/c36-29-21-11-20-28-30(29)31-32(35(28)26-18-9-7-16-24(26)25-17-8-10-19-27(25)35)34(23-14-5-2-6-15-23)37-33(31)22-12-3-1-4-13-22/h1-21H. The van der Waals surface area contributed by atoms with E-state index in [4.69, 9.17) is 4.42 Å². The van der Waals surface area contributed by atoms with Crippen LogP contribution in [0.2, 0.25) is 0 Å². The Bertz CT molecular complexity index is 1780. The Kier molecular flexibility index (Phi) is 4.36. The minimum Gasteiger partial charge on any atom is -0.455 e. The van der Waals surface area contributed by atoms with Crippen molar-refractivity contribution in [1.29, 1.82) is 0 Å². The predicted molar refractivity (Wildman–Crippen MR) is 154 cm³/mol. The lowest BCUT2D eigenvalue weighted by Gasteiger charge is -2.30. The van der Waals surface area contributed by atoms with Crippen molar-refractivity contribution in [3.8, 4) is 44.9 Å². The van der Waals surface area contributed by atoms with Gasteiger partial charge in [0.05, 0.1) is 5.41 Å².